The van der Waals surface area contributed by atoms with Crippen LogP contribution in [0.2, 0.25) is 0 Å². The number of rotatable bonds is 9. The van der Waals surface area contributed by atoms with Crippen LogP contribution in [-0.4, -0.2) is 54.2 Å². The first-order valence-electron chi connectivity index (χ1n) is 49.9. The van der Waals surface area contributed by atoms with E-state index in [1.807, 2.05) is 212 Å². The summed E-state index contributed by atoms with van der Waals surface area (Å²) in [6, 6.07) is 101. The van der Waals surface area contributed by atoms with E-state index in [1.54, 1.807) is 34.5 Å². The first-order valence-corrected chi connectivity index (χ1v) is 49.9. The van der Waals surface area contributed by atoms with Crippen molar-refractivity contribution in [3.8, 4) is 51.7 Å². The summed E-state index contributed by atoms with van der Waals surface area (Å²) in [4.78, 5) is 23.5. The fourth-order valence-corrected chi connectivity index (χ4v) is 21.5. The summed E-state index contributed by atoms with van der Waals surface area (Å²) in [6.45, 7) is 13.2. The molecule has 8 aliphatic heterocycles. The fraction of sp³-hybridized carbons (Fsp3) is 0.176. The Hall–Kier alpha value is -17.8. The molecule has 8 aliphatic rings. The van der Waals surface area contributed by atoms with Gasteiger partial charge in [-0.15, -0.1) is 10.2 Å². The van der Waals surface area contributed by atoms with Gasteiger partial charge in [-0.1, -0.05) is 176 Å². The van der Waals surface area contributed by atoms with Gasteiger partial charge in [-0.3, -0.25) is 24.5 Å². The van der Waals surface area contributed by atoms with Gasteiger partial charge in [0.05, 0.1) is 115 Å². The normalized spacial score (nSPS) is 14.1. The average Bonchev–Trinajstić information content (AvgIpc) is 1.65. The number of benzene rings is 15. The Bertz CT molecular complexity index is 8380. The Morgan fingerprint density at radius 2 is 0.694 bits per heavy atom. The van der Waals surface area contributed by atoms with Crippen LogP contribution in [0.15, 0.2) is 336 Å². The number of para-hydroxylation sites is 10. The van der Waals surface area contributed by atoms with Crippen molar-refractivity contribution >= 4 is 171 Å². The molecular formula is C125H105N7O15. The molecule has 0 aliphatic carbocycles. The van der Waals surface area contributed by atoms with Crippen LogP contribution in [0.1, 0.15) is 108 Å². The number of aryl methyl sites for hydroxylation is 7. The third-order valence-electron chi connectivity index (χ3n) is 28.5. The number of carbonyl (C=O) groups is 1. The molecule has 0 atom stereocenters. The van der Waals surface area contributed by atoms with E-state index in [0.29, 0.717) is 70.6 Å². The van der Waals surface area contributed by atoms with Crippen molar-refractivity contribution in [1.29, 1.82) is 0 Å². The molecule has 20 aromatic rings. The van der Waals surface area contributed by atoms with Crippen molar-refractivity contribution in [2.75, 3.05) is 72.8 Å². The summed E-state index contributed by atoms with van der Waals surface area (Å²) < 4.78 is 85.6. The number of hydrogen-bond donors (Lipinski definition) is 0. The average molecular weight is 1950 g/mol. The van der Waals surface area contributed by atoms with Crippen molar-refractivity contribution in [3.63, 3.8) is 0 Å². The summed E-state index contributed by atoms with van der Waals surface area (Å²) >= 11 is 0. The number of carbonyl (C=O) groups excluding carboxylic acids is 1. The van der Waals surface area contributed by atoms with Gasteiger partial charge in [0, 0.05) is 27.5 Å². The quantitative estimate of drug-likeness (QED) is 0.123. The number of methoxy groups -OCH3 is 4. The van der Waals surface area contributed by atoms with Crippen LogP contribution in [0, 0.1) is 34.6 Å². The van der Waals surface area contributed by atoms with Crippen molar-refractivity contribution in [2.24, 2.45) is 10.2 Å². The van der Waals surface area contributed by atoms with E-state index < -0.39 is 5.97 Å². The maximum absolute atomic E-state index is 13.0. The third-order valence-corrected chi connectivity index (χ3v) is 28.5. The number of anilines is 15. The molecule has 147 heavy (non-hydrogen) atoms. The lowest BCUT2D eigenvalue weighted by Crippen LogP contribution is -2.19. The fourth-order valence-electron chi connectivity index (χ4n) is 21.5. The van der Waals surface area contributed by atoms with E-state index in [2.05, 4.69) is 167 Å². The minimum atomic E-state index is -0.400. The van der Waals surface area contributed by atoms with Crippen molar-refractivity contribution in [2.45, 2.75) is 99.0 Å². The summed E-state index contributed by atoms with van der Waals surface area (Å²) in [5.74, 6) is 9.86. The van der Waals surface area contributed by atoms with Crippen LogP contribution in [0.3, 0.4) is 0 Å². The van der Waals surface area contributed by atoms with Gasteiger partial charge in [0.25, 0.3) is 0 Å². The minimum absolute atomic E-state index is 0.400. The largest absolute Gasteiger partial charge is 0.494 e. The molecule has 0 unspecified atom stereocenters. The summed E-state index contributed by atoms with van der Waals surface area (Å²) in [7, 11) is 6.66. The van der Waals surface area contributed by atoms with E-state index in [1.165, 1.54) is 55.6 Å². The van der Waals surface area contributed by atoms with E-state index in [-0.39, 0.29) is 0 Å². The number of nitrogens with zero attached hydrogens (tertiary/aromatic N) is 7. The zero-order valence-corrected chi connectivity index (χ0v) is 83.0. The van der Waals surface area contributed by atoms with Gasteiger partial charge in [0.15, 0.2) is 11.4 Å². The van der Waals surface area contributed by atoms with Gasteiger partial charge >= 0.3 is 5.97 Å². The Morgan fingerprint density at radius 1 is 0.293 bits per heavy atom. The Kier molecular flexibility index (Phi) is 24.2. The molecule has 0 saturated carbocycles. The third kappa shape index (κ3) is 16.4. The Balaban J connectivity index is 0.0000000983. The number of esters is 1. The standard InChI is InChI=1S/C27H25NO2.C25H19NO4.2C25H21NO3.C23H19N3O3/c1-18-15-16-24(26-20(18)12-7-17-29-26)28-23-13-4-2-8-19(23)9-6-11-22-21-10-3-5-14-25(21)30-27(22)28;1-15-12-13-20(22-16(15)9-6-14-28-22)26-19-10-4-2-7-17(19)25(27)30-23-18-8-3-5-11-21(18)29-24(23)26;1-16-12-13-21(23-18(16)9-6-14-27-23)26-20-10-4-2-7-17(20)15-28-24-19-8-3-5-11-22(19)29-25(24)26;1-16-14-22(27-2)24(23(15-16)28-3)26-20-10-6-4-8-17(20)12-13-19-18-9-5-7-11-21(18)29-25(19)26;1-14-12-19(27-2)22(20(13-14)28-3)26-17-10-6-5-9-16(17)24-25-21-15-8-4-7-11-18(15)29-23(21)26/h2-5,8,10,13-16H,6-7,9,11-12,17H2,1H3;2-5,7-8,10-13H,6,9,14H2,1H3;2-5,7-8,10-13H,6,9,14-15H2,1H3;4-15H,1-3H3;4-13H,1-3H3. The van der Waals surface area contributed by atoms with Gasteiger partial charge in [0.1, 0.15) is 91.8 Å². The number of hydrogen-bond acceptors (Lipinski definition) is 22. The maximum atomic E-state index is 13.0. The lowest BCUT2D eigenvalue weighted by molar-refractivity contribution is 0.0739. The Morgan fingerprint density at radius 3 is 1.27 bits per heavy atom. The van der Waals surface area contributed by atoms with Crippen LogP contribution in [-0.2, 0) is 38.7 Å². The zero-order valence-electron chi connectivity index (χ0n) is 83.0. The molecule has 13 heterocycles. The Labute approximate surface area is 849 Å². The molecule has 15 aromatic carbocycles. The molecule has 730 valence electrons. The van der Waals surface area contributed by atoms with Crippen LogP contribution in [0.5, 0.6) is 51.7 Å². The highest BCUT2D eigenvalue weighted by atomic mass is 16.6. The van der Waals surface area contributed by atoms with Crippen molar-refractivity contribution < 1.29 is 69.5 Å². The highest BCUT2D eigenvalue weighted by molar-refractivity contribution is 6.09. The maximum Gasteiger partial charge on any atom is 0.345 e. The van der Waals surface area contributed by atoms with E-state index >= 15 is 0 Å². The van der Waals surface area contributed by atoms with E-state index in [9.17, 15) is 4.79 Å². The number of azo groups is 1. The molecule has 0 bridgehead atoms. The molecule has 22 heteroatoms. The predicted molar refractivity (Wildman–Crippen MR) is 580 cm³/mol. The van der Waals surface area contributed by atoms with Crippen LogP contribution >= 0.6 is 0 Å². The van der Waals surface area contributed by atoms with Gasteiger partial charge in [-0.2, -0.15) is 0 Å². The number of ether oxygens (including phenoxy) is 9. The molecule has 22 nitrogen and oxygen atoms in total. The van der Waals surface area contributed by atoms with Gasteiger partial charge in [0.2, 0.25) is 35.2 Å². The summed E-state index contributed by atoms with van der Waals surface area (Å²) in [5.41, 5.74) is 30.8. The van der Waals surface area contributed by atoms with Crippen LogP contribution in [0.4, 0.5) is 97.7 Å². The van der Waals surface area contributed by atoms with Gasteiger partial charge < -0.3 is 64.7 Å². The molecule has 0 spiro atoms. The monoisotopic (exact) mass is 1940 g/mol. The topological polar surface area (TPSA) is 207 Å². The first kappa shape index (κ1) is 91.7. The van der Waals surface area contributed by atoms with E-state index in [0.717, 1.165) is 240 Å². The molecular weight excluding hydrogens is 1840 g/mol. The smallest absolute Gasteiger partial charge is 0.345 e. The summed E-state index contributed by atoms with van der Waals surface area (Å²) in [6.07, 6.45) is 13.6. The molecule has 5 aromatic heterocycles. The van der Waals surface area contributed by atoms with Crippen molar-refractivity contribution in [3.05, 3.63) is 381 Å². The number of furan rings is 5. The molecule has 0 radical (unpaired) electrons. The van der Waals surface area contributed by atoms with Gasteiger partial charge in [-0.25, -0.2) is 4.79 Å². The van der Waals surface area contributed by atoms with Crippen LogP contribution < -0.4 is 67.1 Å². The minimum Gasteiger partial charge on any atom is -0.494 e. The molecule has 0 saturated heterocycles. The molecule has 0 N–H and O–H groups in total. The highest BCUT2D eigenvalue weighted by Crippen LogP contribution is 2.61. The zero-order chi connectivity index (χ0) is 99.6. The number of fused-ring (bicyclic) bond motifs is 23. The van der Waals surface area contributed by atoms with Crippen molar-refractivity contribution in [1.82, 2.24) is 0 Å². The molecule has 28 rings (SSSR count). The van der Waals surface area contributed by atoms with Crippen LogP contribution in [0.25, 0.3) is 67.0 Å². The second-order valence-electron chi connectivity index (χ2n) is 37.5. The van der Waals surface area contributed by atoms with E-state index in [4.69, 9.17) is 64.7 Å². The summed E-state index contributed by atoms with van der Waals surface area (Å²) in [5, 5.41) is 14.0. The molecule has 0 amide bonds. The lowest BCUT2D eigenvalue weighted by atomic mass is 9.96. The second-order valence-corrected chi connectivity index (χ2v) is 37.5. The second kappa shape index (κ2) is 38.8. The first-order chi connectivity index (χ1) is 72.3. The highest BCUT2D eigenvalue weighted by Gasteiger charge is 2.40. The SMILES string of the molecule is COc1cc(C)cc(OC)c1N1c2ccccc2C=Cc2c1oc1ccccc21.COc1cc(C)cc(OC)c1N1c2ccccc2N=Nc2c1oc1ccccc21.Cc1ccc(N2c3ccccc3C(=O)Oc3c2oc2ccccc32)c2c1CCCO2.Cc1ccc(N2c3ccccc3CCCc3c2oc2ccccc32)c2c1CCCO2.Cc1ccc(N2c3ccccc3COc3c2oc2ccccc32)c2c1CCCO2. The molecule has 0 fully saturated rings. The predicted octanol–water partition coefficient (Wildman–Crippen LogP) is 33.2. The lowest BCUT2D eigenvalue weighted by Gasteiger charge is -2.32. The van der Waals surface area contributed by atoms with Gasteiger partial charge in [-0.05, 0) is 288 Å².